The quantitative estimate of drug-likeness (QED) is 0.492. The summed E-state index contributed by atoms with van der Waals surface area (Å²) in [6.07, 6.45) is 13.5. The van der Waals surface area contributed by atoms with E-state index in [4.69, 9.17) is 22.3 Å². The molecule has 39 heavy (non-hydrogen) atoms. The van der Waals surface area contributed by atoms with Gasteiger partial charge in [-0.05, 0) is 59.4 Å². The first kappa shape index (κ1) is 26.0. The summed E-state index contributed by atoms with van der Waals surface area (Å²) in [7, 11) is 1.96. The zero-order chi connectivity index (χ0) is 26.9. The number of aromatic nitrogens is 3. The number of carbonyl (C=O) groups excluding carboxylic acids is 1. The van der Waals surface area contributed by atoms with Gasteiger partial charge in [0.1, 0.15) is 0 Å². The van der Waals surface area contributed by atoms with Crippen LogP contribution in [0, 0.1) is 0 Å². The second kappa shape index (κ2) is 11.1. The molecule has 1 saturated heterocycles. The lowest BCUT2D eigenvalue weighted by Gasteiger charge is -2.40. The van der Waals surface area contributed by atoms with Gasteiger partial charge in [-0.3, -0.25) is 9.88 Å². The Morgan fingerprint density at radius 2 is 1.92 bits per heavy atom. The Morgan fingerprint density at radius 1 is 1.13 bits per heavy atom. The van der Waals surface area contributed by atoms with Crippen LogP contribution in [0.4, 0.5) is 4.79 Å². The number of benzene rings is 1. The molecule has 0 bridgehead atoms. The highest BCUT2D eigenvalue weighted by atomic mass is 35.5. The van der Waals surface area contributed by atoms with E-state index in [9.17, 15) is 4.79 Å². The van der Waals surface area contributed by atoms with Crippen molar-refractivity contribution in [3.05, 3.63) is 82.2 Å². The zero-order valence-electron chi connectivity index (χ0n) is 22.4. The Hall–Kier alpha value is -3.20. The number of piperazine rings is 1. The number of rotatable bonds is 4. The van der Waals surface area contributed by atoms with Gasteiger partial charge >= 0.3 is 6.03 Å². The van der Waals surface area contributed by atoms with E-state index in [1.54, 1.807) is 6.33 Å². The topological polar surface area (TPSA) is 92.3 Å². The normalized spacial score (nSPS) is 20.9. The molecule has 9 heteroatoms. The van der Waals surface area contributed by atoms with Gasteiger partial charge in [-0.15, -0.1) is 0 Å². The summed E-state index contributed by atoms with van der Waals surface area (Å²) < 4.78 is 1.96. The average molecular weight is 546 g/mol. The molecule has 0 radical (unpaired) electrons. The summed E-state index contributed by atoms with van der Waals surface area (Å²) >= 11 is 6.57. The number of amides is 2. The van der Waals surface area contributed by atoms with Gasteiger partial charge in [-0.2, -0.15) is 0 Å². The predicted molar refractivity (Wildman–Crippen MR) is 154 cm³/mol. The summed E-state index contributed by atoms with van der Waals surface area (Å²) in [5.74, 6) is 0. The first-order valence-electron chi connectivity index (χ1n) is 14.0. The molecule has 204 valence electrons. The smallest absolute Gasteiger partial charge is 0.317 e. The van der Waals surface area contributed by atoms with Crippen LogP contribution in [0.5, 0.6) is 0 Å². The number of urea groups is 1. The highest BCUT2D eigenvalue weighted by Gasteiger charge is 2.35. The van der Waals surface area contributed by atoms with Crippen LogP contribution in [-0.4, -0.2) is 62.6 Å². The van der Waals surface area contributed by atoms with E-state index in [2.05, 4.69) is 33.4 Å². The molecular weight excluding hydrogens is 510 g/mol. The van der Waals surface area contributed by atoms with Crippen LogP contribution in [-0.2, 0) is 7.05 Å². The van der Waals surface area contributed by atoms with Crippen molar-refractivity contribution < 1.29 is 4.79 Å². The van der Waals surface area contributed by atoms with Gasteiger partial charge in [0.2, 0.25) is 0 Å². The molecule has 1 saturated carbocycles. The van der Waals surface area contributed by atoms with E-state index >= 15 is 0 Å². The van der Waals surface area contributed by atoms with E-state index in [0.29, 0.717) is 24.2 Å². The number of imidazole rings is 1. The van der Waals surface area contributed by atoms with Gasteiger partial charge in [-0.25, -0.2) is 9.78 Å². The van der Waals surface area contributed by atoms with Crippen LogP contribution in [0.2, 0.25) is 5.02 Å². The fourth-order valence-corrected chi connectivity index (χ4v) is 6.51. The van der Waals surface area contributed by atoms with E-state index < -0.39 is 0 Å². The van der Waals surface area contributed by atoms with Crippen molar-refractivity contribution >= 4 is 29.3 Å². The Balaban J connectivity index is 1.31. The van der Waals surface area contributed by atoms with Gasteiger partial charge in [0.15, 0.2) is 0 Å². The predicted octanol–water partition coefficient (Wildman–Crippen LogP) is 4.77. The Kier molecular flexibility index (Phi) is 7.42. The molecular formula is C30H36ClN7O. The molecule has 1 aromatic carbocycles. The lowest BCUT2D eigenvalue weighted by Crippen LogP contribution is -2.54. The third kappa shape index (κ3) is 5.21. The Labute approximate surface area is 234 Å². The van der Waals surface area contributed by atoms with Crippen molar-refractivity contribution in [1.82, 2.24) is 29.7 Å². The number of aryl methyl sites for hydroxylation is 1. The third-order valence-electron chi connectivity index (χ3n) is 8.47. The Bertz CT molecular complexity index is 1370. The first-order valence-corrected chi connectivity index (χ1v) is 14.3. The van der Waals surface area contributed by atoms with Crippen molar-refractivity contribution in [1.29, 1.82) is 0 Å². The van der Waals surface area contributed by atoms with Crippen molar-refractivity contribution in [2.45, 2.75) is 50.2 Å². The molecule has 8 nitrogen and oxygen atoms in total. The summed E-state index contributed by atoms with van der Waals surface area (Å²) in [5, 5.41) is 3.94. The van der Waals surface area contributed by atoms with Gasteiger partial charge < -0.3 is 20.5 Å². The second-order valence-corrected chi connectivity index (χ2v) is 11.4. The number of nitrogens with two attached hydrogens (primary N) is 1. The second-order valence-electron chi connectivity index (χ2n) is 10.9. The van der Waals surface area contributed by atoms with Gasteiger partial charge in [0.25, 0.3) is 0 Å². The van der Waals surface area contributed by atoms with Gasteiger partial charge in [0, 0.05) is 50.5 Å². The molecule has 2 amide bonds. The summed E-state index contributed by atoms with van der Waals surface area (Å²) in [5.41, 5.74) is 13.0. The highest BCUT2D eigenvalue weighted by Crippen LogP contribution is 2.43. The maximum Gasteiger partial charge on any atom is 0.317 e. The maximum absolute atomic E-state index is 13.0. The van der Waals surface area contributed by atoms with Crippen molar-refractivity contribution in [3.8, 4) is 0 Å². The number of nitrogens with one attached hydrogen (secondary N) is 1. The molecule has 3 aromatic rings. The molecule has 2 fully saturated rings. The van der Waals surface area contributed by atoms with Crippen LogP contribution < -0.4 is 11.1 Å². The van der Waals surface area contributed by atoms with Crippen molar-refractivity contribution in [2.24, 2.45) is 12.8 Å². The maximum atomic E-state index is 13.0. The van der Waals surface area contributed by atoms with Crippen LogP contribution in [0.1, 0.15) is 72.3 Å². The average Bonchev–Trinajstić information content (AvgIpc) is 3.33. The van der Waals surface area contributed by atoms with Gasteiger partial charge in [0.05, 0.1) is 36.0 Å². The van der Waals surface area contributed by atoms with E-state index in [1.807, 2.05) is 47.1 Å². The summed E-state index contributed by atoms with van der Waals surface area (Å²) in [6.45, 7) is 2.86. The molecule has 3 heterocycles. The molecule has 1 aliphatic heterocycles. The number of nitrogens with zero attached hydrogens (tertiary/aromatic N) is 5. The molecule has 0 spiro atoms. The summed E-state index contributed by atoms with van der Waals surface area (Å²) in [6, 6.07) is 10.1. The fourth-order valence-electron chi connectivity index (χ4n) is 6.34. The third-order valence-corrected chi connectivity index (χ3v) is 8.70. The Morgan fingerprint density at radius 3 is 2.67 bits per heavy atom. The van der Waals surface area contributed by atoms with Crippen molar-refractivity contribution in [3.63, 3.8) is 0 Å². The number of carbonyl (C=O) groups is 1. The minimum Gasteiger partial charge on any atom is -0.336 e. The number of hydrogen-bond acceptors (Lipinski definition) is 5. The molecule has 3 N–H and O–H groups in total. The minimum atomic E-state index is -0.387. The SMILES string of the molecule is Cn1cncc1C(N)C1=Cc2cccnc2C(N2CCN(C(=O)NC3CCCCC3)CC2)c2ccc(Cl)cc21. The van der Waals surface area contributed by atoms with Crippen molar-refractivity contribution in [2.75, 3.05) is 26.2 Å². The molecule has 6 rings (SSSR count). The first-order chi connectivity index (χ1) is 19.0. The number of fused-ring (bicyclic) bond motifs is 2. The lowest BCUT2D eigenvalue weighted by atomic mass is 9.90. The largest absolute Gasteiger partial charge is 0.336 e. The van der Waals surface area contributed by atoms with Crippen LogP contribution in [0.15, 0.2) is 49.1 Å². The van der Waals surface area contributed by atoms with E-state index in [-0.39, 0.29) is 18.1 Å². The lowest BCUT2D eigenvalue weighted by molar-refractivity contribution is 0.116. The van der Waals surface area contributed by atoms with Crippen LogP contribution >= 0.6 is 11.6 Å². The molecule has 2 atom stereocenters. The minimum absolute atomic E-state index is 0.0687. The molecule has 3 aliphatic rings. The van der Waals surface area contributed by atoms with E-state index in [0.717, 1.165) is 59.6 Å². The molecule has 2 aliphatic carbocycles. The van der Waals surface area contributed by atoms with Crippen LogP contribution in [0.25, 0.3) is 11.6 Å². The number of halogens is 1. The molecule has 2 unspecified atom stereocenters. The summed E-state index contributed by atoms with van der Waals surface area (Å²) in [4.78, 5) is 26.6. The monoisotopic (exact) mass is 545 g/mol. The molecule has 2 aromatic heterocycles. The highest BCUT2D eigenvalue weighted by molar-refractivity contribution is 6.30. The standard InChI is InChI=1S/C30H36ClN7O/c1-36-19-33-18-26(36)27(32)25-16-20-6-5-11-34-28(20)29(23-10-9-21(31)17-24(23)25)37-12-14-38(15-13-37)30(39)35-22-7-3-2-4-8-22/h5-6,9-11,16-19,22,27,29H,2-4,7-8,12-15,32H2,1H3,(H,35,39). The number of pyridine rings is 1. The van der Waals surface area contributed by atoms with Crippen LogP contribution in [0.3, 0.4) is 0 Å². The van der Waals surface area contributed by atoms with Gasteiger partial charge in [-0.1, -0.05) is 43.0 Å². The number of hydrogen-bond donors (Lipinski definition) is 2. The zero-order valence-corrected chi connectivity index (χ0v) is 23.1. The fraction of sp³-hybridized carbons (Fsp3) is 0.433. The van der Waals surface area contributed by atoms with E-state index in [1.165, 1.54) is 19.3 Å².